The highest BCUT2D eigenvalue weighted by molar-refractivity contribution is 7.26. The van der Waals surface area contributed by atoms with E-state index in [4.69, 9.17) is 8.83 Å². The van der Waals surface area contributed by atoms with E-state index in [1.807, 2.05) is 36.0 Å². The molecule has 320 valence electrons. The summed E-state index contributed by atoms with van der Waals surface area (Å²) in [4.78, 5) is 5.20. The number of furan rings is 2. The Morgan fingerprint density at radius 3 is 2.14 bits per heavy atom. The van der Waals surface area contributed by atoms with Crippen molar-refractivity contribution in [3.8, 4) is 22.3 Å². The monoisotopic (exact) mass is 864 g/mol. The molecule has 0 spiro atoms. The summed E-state index contributed by atoms with van der Waals surface area (Å²) in [5.74, 6) is 1.07. The molecule has 0 amide bonds. The molecule has 6 heteroatoms. The van der Waals surface area contributed by atoms with Crippen molar-refractivity contribution in [2.45, 2.75) is 86.0 Å². The Balaban J connectivity index is 1.17. The first-order chi connectivity index (χ1) is 31.2. The topological polar surface area (TPSA) is 32.8 Å². The number of fused-ring (bicyclic) bond motifs is 8. The van der Waals surface area contributed by atoms with Crippen LogP contribution in [-0.2, 0) is 17.3 Å². The summed E-state index contributed by atoms with van der Waals surface area (Å²) in [6, 6.07) is 41.6. The van der Waals surface area contributed by atoms with E-state index in [9.17, 15) is 0 Å². The van der Waals surface area contributed by atoms with Gasteiger partial charge in [-0.05, 0) is 141 Å². The number of allylic oxidation sites excluding steroid dienone is 1. The molecule has 0 saturated carbocycles. The Hall–Kier alpha value is -6.50. The molecule has 2 aliphatic heterocycles. The van der Waals surface area contributed by atoms with E-state index in [0.717, 1.165) is 57.5 Å². The molecule has 0 unspecified atom stereocenters. The van der Waals surface area contributed by atoms with E-state index in [2.05, 4.69) is 181 Å². The third-order valence-corrected chi connectivity index (χ3v) is 15.4. The van der Waals surface area contributed by atoms with E-state index < -0.39 is 0 Å². The minimum absolute atomic E-state index is 0.00676. The van der Waals surface area contributed by atoms with Gasteiger partial charge in [0, 0.05) is 55.9 Å². The third kappa shape index (κ3) is 6.17. The maximum Gasteiger partial charge on any atom is 0.254 e. The molecule has 0 bridgehead atoms. The minimum Gasteiger partial charge on any atom is -0.468 e. The molecule has 4 nitrogen and oxygen atoms in total. The molecule has 65 heavy (non-hydrogen) atoms. The van der Waals surface area contributed by atoms with Gasteiger partial charge >= 0.3 is 0 Å². The minimum atomic E-state index is -0.00950. The van der Waals surface area contributed by atoms with Crippen LogP contribution in [0.1, 0.15) is 87.1 Å². The van der Waals surface area contributed by atoms with E-state index in [0.29, 0.717) is 0 Å². The summed E-state index contributed by atoms with van der Waals surface area (Å²) in [5.41, 5.74) is 23.2. The Morgan fingerprint density at radius 2 is 1.35 bits per heavy atom. The third-order valence-electron chi connectivity index (χ3n) is 14.2. The molecule has 0 atom stereocenters. The number of hydrogen-bond donors (Lipinski definition) is 0. The molecule has 3 aliphatic rings. The molecular weight excluding hydrogens is 812 g/mol. The maximum absolute atomic E-state index is 6.27. The zero-order chi connectivity index (χ0) is 44.7. The highest BCUT2D eigenvalue weighted by atomic mass is 32.1. The number of aryl methyl sites for hydroxylation is 4. The fourth-order valence-corrected chi connectivity index (χ4v) is 12.2. The van der Waals surface area contributed by atoms with Gasteiger partial charge in [-0.2, -0.15) is 0 Å². The van der Waals surface area contributed by atoms with Crippen LogP contribution in [-0.4, -0.2) is 6.71 Å². The molecule has 0 N–H and O–H groups in total. The molecular formula is C59H53BN2O2S. The number of rotatable bonds is 4. The summed E-state index contributed by atoms with van der Waals surface area (Å²) < 4.78 is 13.7. The van der Waals surface area contributed by atoms with Crippen LogP contribution in [0.25, 0.3) is 49.4 Å². The van der Waals surface area contributed by atoms with Crippen LogP contribution in [0, 0.1) is 20.8 Å². The van der Waals surface area contributed by atoms with Crippen molar-refractivity contribution >= 4 is 95.0 Å². The number of para-hydroxylation sites is 1. The van der Waals surface area contributed by atoms with Crippen molar-refractivity contribution in [1.82, 2.24) is 0 Å². The second kappa shape index (κ2) is 14.3. The van der Waals surface area contributed by atoms with Gasteiger partial charge in [0.25, 0.3) is 6.71 Å². The predicted octanol–water partition coefficient (Wildman–Crippen LogP) is 15.1. The van der Waals surface area contributed by atoms with Gasteiger partial charge in [-0.1, -0.05) is 120 Å². The van der Waals surface area contributed by atoms with Crippen LogP contribution in [0.4, 0.5) is 33.4 Å². The highest BCUT2D eigenvalue weighted by Crippen LogP contribution is 2.51. The lowest BCUT2D eigenvalue weighted by Gasteiger charge is -2.44. The Morgan fingerprint density at radius 1 is 0.615 bits per heavy atom. The van der Waals surface area contributed by atoms with Crippen molar-refractivity contribution in [2.75, 3.05) is 9.80 Å². The first kappa shape index (κ1) is 40.0. The standard InChI is InChI=1S/C59H53BN2O2S/c1-34-25-49-55-50(26-34)62(56-35(2)27-40(28-36(56)3)59(7,8)9)57-54(44-31-39(58(4,5)6)22-24-53(44)65-57)60(55)47-23-21-38(46-33-64-52-20-13-11-18-43(46)52)30-48(47)61(49)41-16-14-15-37(29-41)45-32-63-51-19-12-10-17-42(45)51/h10-12,14-19,21-33H,13,20H2,1-9H3. The average molecular weight is 865 g/mol. The second-order valence-electron chi connectivity index (χ2n) is 20.7. The van der Waals surface area contributed by atoms with Crippen molar-refractivity contribution < 1.29 is 8.83 Å². The van der Waals surface area contributed by atoms with Crippen LogP contribution >= 0.6 is 11.3 Å². The SMILES string of the molecule is Cc1cc2c3c(c1)N(c1c(C)cc(C(C)(C)C)cc1C)c1sc4ccc(C(C)(C)C)cc4c1B3c1ccc(-c3coc4c3C=CCC4)cc1N2c1cccc(-c2coc3ccccc23)c1. The fourth-order valence-electron chi connectivity index (χ4n) is 11.0. The first-order valence-corrected chi connectivity index (χ1v) is 24.0. The van der Waals surface area contributed by atoms with Gasteiger partial charge in [0.15, 0.2) is 0 Å². The lowest BCUT2D eigenvalue weighted by molar-refractivity contribution is 0.508. The fraction of sp³-hybridized carbons (Fsp3) is 0.220. The molecule has 9 aromatic rings. The molecule has 0 saturated heterocycles. The lowest BCUT2D eigenvalue weighted by atomic mass is 9.33. The van der Waals surface area contributed by atoms with Gasteiger partial charge in [-0.15, -0.1) is 11.3 Å². The second-order valence-corrected chi connectivity index (χ2v) is 21.7. The molecule has 0 fully saturated rings. The molecule has 1 aliphatic carbocycles. The molecule has 0 radical (unpaired) electrons. The van der Waals surface area contributed by atoms with Crippen molar-refractivity contribution in [3.63, 3.8) is 0 Å². The molecule has 5 heterocycles. The van der Waals surface area contributed by atoms with E-state index in [1.54, 1.807) is 0 Å². The molecule has 12 rings (SSSR count). The number of nitrogens with zero attached hydrogens (tertiary/aromatic N) is 2. The lowest BCUT2D eigenvalue weighted by Crippen LogP contribution is -2.61. The Kier molecular flexibility index (Phi) is 8.78. The summed E-state index contributed by atoms with van der Waals surface area (Å²) >= 11 is 1.94. The van der Waals surface area contributed by atoms with Crippen molar-refractivity contribution in [1.29, 1.82) is 0 Å². The van der Waals surface area contributed by atoms with Crippen LogP contribution in [0.2, 0.25) is 0 Å². The quantitative estimate of drug-likeness (QED) is 0.165. The highest BCUT2D eigenvalue weighted by Gasteiger charge is 2.46. The predicted molar refractivity (Wildman–Crippen MR) is 278 cm³/mol. The first-order valence-electron chi connectivity index (χ1n) is 23.1. The van der Waals surface area contributed by atoms with E-state index >= 15 is 0 Å². The zero-order valence-corrected chi connectivity index (χ0v) is 39.6. The van der Waals surface area contributed by atoms with Crippen molar-refractivity contribution in [2.24, 2.45) is 0 Å². The normalized spacial score (nSPS) is 14.3. The van der Waals surface area contributed by atoms with Crippen molar-refractivity contribution in [3.05, 3.63) is 167 Å². The number of thiophene rings is 1. The number of anilines is 6. The molecule has 6 aromatic carbocycles. The Bertz CT molecular complexity index is 3450. The molecule has 3 aromatic heterocycles. The van der Waals surface area contributed by atoms with Gasteiger partial charge in [-0.25, -0.2) is 0 Å². The van der Waals surface area contributed by atoms with Gasteiger partial charge < -0.3 is 18.6 Å². The average Bonchev–Trinajstić information content (AvgIpc) is 4.01. The summed E-state index contributed by atoms with van der Waals surface area (Å²) in [6.07, 6.45) is 10.3. The van der Waals surface area contributed by atoms with Gasteiger partial charge in [0.2, 0.25) is 0 Å². The van der Waals surface area contributed by atoms with Crippen LogP contribution in [0.15, 0.2) is 137 Å². The van der Waals surface area contributed by atoms with E-state index in [-0.39, 0.29) is 17.5 Å². The zero-order valence-electron chi connectivity index (χ0n) is 38.8. The number of benzene rings is 6. The van der Waals surface area contributed by atoms with Crippen LogP contribution < -0.4 is 26.2 Å². The van der Waals surface area contributed by atoms with Gasteiger partial charge in [0.05, 0.1) is 23.2 Å². The maximum atomic E-state index is 6.27. The number of hydrogen-bond acceptors (Lipinski definition) is 5. The van der Waals surface area contributed by atoms with Gasteiger partial charge in [-0.3, -0.25) is 0 Å². The summed E-state index contributed by atoms with van der Waals surface area (Å²) in [6.45, 7) is 20.8. The largest absolute Gasteiger partial charge is 0.468 e. The summed E-state index contributed by atoms with van der Waals surface area (Å²) in [5, 5.41) is 3.76. The smallest absolute Gasteiger partial charge is 0.254 e. The van der Waals surface area contributed by atoms with Crippen LogP contribution in [0.3, 0.4) is 0 Å². The van der Waals surface area contributed by atoms with E-state index in [1.165, 1.54) is 87.6 Å². The van der Waals surface area contributed by atoms with Crippen LogP contribution in [0.5, 0.6) is 0 Å². The summed E-state index contributed by atoms with van der Waals surface area (Å²) in [7, 11) is 0. The van der Waals surface area contributed by atoms with Gasteiger partial charge in [0.1, 0.15) is 11.3 Å². The Labute approximate surface area is 386 Å².